The van der Waals surface area contributed by atoms with Gasteiger partial charge < -0.3 is 5.32 Å². The number of hydrogen-bond acceptors (Lipinski definition) is 2. The van der Waals surface area contributed by atoms with E-state index >= 15 is 0 Å². The van der Waals surface area contributed by atoms with Crippen LogP contribution in [0.5, 0.6) is 0 Å². The Bertz CT molecular complexity index is 456. The topological polar surface area (TPSA) is 12.0 Å². The second kappa shape index (κ2) is 6.00. The molecule has 1 nitrogen and oxygen atoms in total. The van der Waals surface area contributed by atoms with E-state index in [1.807, 2.05) is 18.2 Å². The molecule has 0 spiro atoms. The van der Waals surface area contributed by atoms with Gasteiger partial charge in [-0.15, -0.1) is 11.3 Å². The van der Waals surface area contributed by atoms with Gasteiger partial charge in [0.2, 0.25) is 0 Å². The first kappa shape index (κ1) is 12.4. The summed E-state index contributed by atoms with van der Waals surface area (Å²) in [6.45, 7) is 1.77. The smallest absolute Gasteiger partial charge is 0.0409 e. The number of rotatable bonds is 4. The SMILES string of the molecule is Clc1ccc(I)c(CNCc2cccs2)c1. The Morgan fingerprint density at radius 3 is 2.88 bits per heavy atom. The molecule has 0 saturated heterocycles. The van der Waals surface area contributed by atoms with Crippen LogP contribution < -0.4 is 5.32 Å². The predicted octanol–water partition coefficient (Wildman–Crippen LogP) is 4.30. The van der Waals surface area contributed by atoms with E-state index in [1.165, 1.54) is 14.0 Å². The first-order valence-electron chi connectivity index (χ1n) is 4.93. The van der Waals surface area contributed by atoms with E-state index in [0.29, 0.717) is 0 Å². The average molecular weight is 364 g/mol. The number of benzene rings is 1. The Labute approximate surface area is 118 Å². The lowest BCUT2D eigenvalue weighted by Crippen LogP contribution is -2.12. The molecule has 0 amide bonds. The molecule has 0 fully saturated rings. The average Bonchev–Trinajstić information content (AvgIpc) is 2.76. The molecule has 0 saturated carbocycles. The van der Waals surface area contributed by atoms with Gasteiger partial charge in [-0.05, 0) is 57.8 Å². The van der Waals surface area contributed by atoms with Crippen LogP contribution in [0.25, 0.3) is 0 Å². The molecule has 0 radical (unpaired) electrons. The highest BCUT2D eigenvalue weighted by molar-refractivity contribution is 14.1. The van der Waals surface area contributed by atoms with Crippen LogP contribution in [0, 0.1) is 3.57 Å². The minimum atomic E-state index is 0.799. The summed E-state index contributed by atoms with van der Waals surface area (Å²) in [4.78, 5) is 1.36. The minimum Gasteiger partial charge on any atom is -0.308 e. The molecule has 0 atom stereocenters. The van der Waals surface area contributed by atoms with E-state index in [2.05, 4.69) is 45.4 Å². The molecule has 1 heterocycles. The molecule has 0 aliphatic carbocycles. The largest absolute Gasteiger partial charge is 0.308 e. The fourth-order valence-corrected chi connectivity index (χ4v) is 2.81. The Balaban J connectivity index is 1.92. The Morgan fingerprint density at radius 2 is 2.12 bits per heavy atom. The third kappa shape index (κ3) is 3.45. The van der Waals surface area contributed by atoms with Crippen molar-refractivity contribution >= 4 is 45.5 Å². The van der Waals surface area contributed by atoms with Gasteiger partial charge in [0, 0.05) is 26.6 Å². The second-order valence-corrected chi connectivity index (χ2v) is 6.05. The molecule has 84 valence electrons. The molecule has 0 aliphatic rings. The maximum Gasteiger partial charge on any atom is 0.0409 e. The fourth-order valence-electron chi connectivity index (χ4n) is 1.41. The molecular weight excluding hydrogens is 353 g/mol. The monoisotopic (exact) mass is 363 g/mol. The summed E-state index contributed by atoms with van der Waals surface area (Å²) >= 11 is 10.1. The third-order valence-electron chi connectivity index (χ3n) is 2.20. The summed E-state index contributed by atoms with van der Waals surface area (Å²) < 4.78 is 1.25. The zero-order valence-corrected chi connectivity index (χ0v) is 12.3. The van der Waals surface area contributed by atoms with Crippen LogP contribution in [0.1, 0.15) is 10.4 Å². The van der Waals surface area contributed by atoms with Gasteiger partial charge in [-0.25, -0.2) is 0 Å². The molecule has 0 aliphatic heterocycles. The van der Waals surface area contributed by atoms with E-state index in [0.717, 1.165) is 18.1 Å². The molecule has 0 bridgehead atoms. The lowest BCUT2D eigenvalue weighted by atomic mass is 10.2. The highest BCUT2D eigenvalue weighted by atomic mass is 127. The zero-order valence-electron chi connectivity index (χ0n) is 8.54. The standard InChI is InChI=1S/C12H11ClINS/c13-10-3-4-12(14)9(6-10)7-15-8-11-2-1-5-16-11/h1-6,15H,7-8H2. The molecule has 2 aromatic rings. The van der Waals surface area contributed by atoms with E-state index in [4.69, 9.17) is 11.6 Å². The first-order valence-corrected chi connectivity index (χ1v) is 7.26. The summed E-state index contributed by atoms with van der Waals surface area (Å²) in [6.07, 6.45) is 0. The number of nitrogens with one attached hydrogen (secondary N) is 1. The molecule has 16 heavy (non-hydrogen) atoms. The van der Waals surface area contributed by atoms with Crippen LogP contribution in [0.4, 0.5) is 0 Å². The van der Waals surface area contributed by atoms with Gasteiger partial charge in [0.25, 0.3) is 0 Å². The van der Waals surface area contributed by atoms with Gasteiger partial charge in [-0.3, -0.25) is 0 Å². The van der Waals surface area contributed by atoms with Gasteiger partial charge in [-0.2, -0.15) is 0 Å². The number of hydrogen-bond donors (Lipinski definition) is 1. The molecule has 1 aromatic carbocycles. The van der Waals surface area contributed by atoms with Crippen molar-refractivity contribution in [1.29, 1.82) is 0 Å². The van der Waals surface area contributed by atoms with Crippen molar-refractivity contribution in [2.45, 2.75) is 13.1 Å². The molecule has 1 aromatic heterocycles. The zero-order chi connectivity index (χ0) is 11.4. The Kier molecular flexibility index (Phi) is 4.64. The lowest BCUT2D eigenvalue weighted by molar-refractivity contribution is 0.699. The van der Waals surface area contributed by atoms with E-state index in [9.17, 15) is 0 Å². The summed E-state index contributed by atoms with van der Waals surface area (Å²) in [5, 5.41) is 6.32. The molecule has 1 N–H and O–H groups in total. The number of thiophene rings is 1. The quantitative estimate of drug-likeness (QED) is 0.799. The van der Waals surface area contributed by atoms with Crippen LogP contribution >= 0.6 is 45.5 Å². The summed E-state index contributed by atoms with van der Waals surface area (Å²) in [5.41, 5.74) is 1.25. The van der Waals surface area contributed by atoms with E-state index < -0.39 is 0 Å². The molecule has 0 unspecified atom stereocenters. The highest BCUT2D eigenvalue weighted by Gasteiger charge is 2.00. The number of halogens is 2. The summed E-state index contributed by atoms with van der Waals surface area (Å²) in [5.74, 6) is 0. The van der Waals surface area contributed by atoms with Gasteiger partial charge in [0.15, 0.2) is 0 Å². The predicted molar refractivity (Wildman–Crippen MR) is 79.0 cm³/mol. The maximum absolute atomic E-state index is 5.97. The van der Waals surface area contributed by atoms with E-state index in [1.54, 1.807) is 11.3 Å². The van der Waals surface area contributed by atoms with Crippen LogP contribution in [0.3, 0.4) is 0 Å². The molecule has 4 heteroatoms. The van der Waals surface area contributed by atoms with Crippen molar-refractivity contribution in [2.75, 3.05) is 0 Å². The summed E-state index contributed by atoms with van der Waals surface area (Å²) in [6, 6.07) is 10.2. The molecular formula is C12H11ClINS. The Hall–Kier alpha value is -0.100. The van der Waals surface area contributed by atoms with E-state index in [-0.39, 0.29) is 0 Å². The lowest BCUT2D eigenvalue weighted by Gasteiger charge is -2.06. The summed E-state index contributed by atoms with van der Waals surface area (Å²) in [7, 11) is 0. The van der Waals surface area contributed by atoms with Gasteiger partial charge >= 0.3 is 0 Å². The van der Waals surface area contributed by atoms with Gasteiger partial charge in [0.1, 0.15) is 0 Å². The fraction of sp³-hybridized carbons (Fsp3) is 0.167. The normalized spacial score (nSPS) is 10.6. The Morgan fingerprint density at radius 1 is 1.25 bits per heavy atom. The van der Waals surface area contributed by atoms with Crippen molar-refractivity contribution in [1.82, 2.24) is 5.32 Å². The minimum absolute atomic E-state index is 0.799. The van der Waals surface area contributed by atoms with Crippen LogP contribution in [0.15, 0.2) is 35.7 Å². The van der Waals surface area contributed by atoms with Crippen molar-refractivity contribution in [3.63, 3.8) is 0 Å². The van der Waals surface area contributed by atoms with Gasteiger partial charge in [-0.1, -0.05) is 17.7 Å². The van der Waals surface area contributed by atoms with Crippen LogP contribution in [-0.2, 0) is 13.1 Å². The van der Waals surface area contributed by atoms with Crippen molar-refractivity contribution in [2.24, 2.45) is 0 Å². The first-order chi connectivity index (χ1) is 7.75. The van der Waals surface area contributed by atoms with Gasteiger partial charge in [0.05, 0.1) is 0 Å². The van der Waals surface area contributed by atoms with Crippen molar-refractivity contribution in [3.05, 3.63) is 54.7 Å². The molecule has 2 rings (SSSR count). The van der Waals surface area contributed by atoms with Crippen LogP contribution in [0.2, 0.25) is 5.02 Å². The second-order valence-electron chi connectivity index (χ2n) is 3.42. The third-order valence-corrected chi connectivity index (χ3v) is 4.37. The maximum atomic E-state index is 5.97. The van der Waals surface area contributed by atoms with Crippen molar-refractivity contribution < 1.29 is 0 Å². The van der Waals surface area contributed by atoms with Crippen molar-refractivity contribution in [3.8, 4) is 0 Å². The van der Waals surface area contributed by atoms with Crippen LogP contribution in [-0.4, -0.2) is 0 Å². The highest BCUT2D eigenvalue weighted by Crippen LogP contribution is 2.18.